The molecule has 0 unspecified atom stereocenters. The SMILES string of the molecule is CN(C(=O)[C@@H]1CCCN(C(=O)OCc2ccccc2)C1)c1ccc(N2CCCCC2=O)cc1. The van der Waals surface area contributed by atoms with E-state index in [1.807, 2.05) is 59.5 Å². The molecule has 0 N–H and O–H groups in total. The van der Waals surface area contributed by atoms with E-state index in [-0.39, 0.29) is 30.4 Å². The van der Waals surface area contributed by atoms with E-state index in [1.54, 1.807) is 16.8 Å². The number of likely N-dealkylation sites (tertiary alicyclic amines) is 1. The molecular formula is C26H31N3O4. The predicted molar refractivity (Wildman–Crippen MR) is 127 cm³/mol. The van der Waals surface area contributed by atoms with Crippen LogP contribution in [-0.4, -0.2) is 49.5 Å². The van der Waals surface area contributed by atoms with Gasteiger partial charge in [-0.05, 0) is 55.5 Å². The normalized spacial score (nSPS) is 18.7. The van der Waals surface area contributed by atoms with Crippen LogP contribution < -0.4 is 9.80 Å². The molecule has 2 aromatic rings. The van der Waals surface area contributed by atoms with Crippen LogP contribution in [-0.2, 0) is 20.9 Å². The van der Waals surface area contributed by atoms with Gasteiger partial charge in [0, 0.05) is 44.5 Å². The minimum Gasteiger partial charge on any atom is -0.445 e. The molecule has 2 heterocycles. The fraction of sp³-hybridized carbons (Fsp3) is 0.423. The van der Waals surface area contributed by atoms with Gasteiger partial charge >= 0.3 is 6.09 Å². The van der Waals surface area contributed by atoms with Crippen LogP contribution >= 0.6 is 0 Å². The number of amides is 3. The Hall–Kier alpha value is -3.35. The zero-order valence-corrected chi connectivity index (χ0v) is 19.1. The minimum atomic E-state index is -0.380. The fourth-order valence-corrected chi connectivity index (χ4v) is 4.49. The number of hydrogen-bond donors (Lipinski definition) is 0. The lowest BCUT2D eigenvalue weighted by Gasteiger charge is -2.33. The summed E-state index contributed by atoms with van der Waals surface area (Å²) >= 11 is 0. The summed E-state index contributed by atoms with van der Waals surface area (Å²) in [5.74, 6) is -0.131. The molecule has 2 fully saturated rings. The molecule has 2 aromatic carbocycles. The molecule has 1 atom stereocenters. The summed E-state index contributed by atoms with van der Waals surface area (Å²) in [6.07, 6.45) is 3.68. The highest BCUT2D eigenvalue weighted by atomic mass is 16.6. The molecule has 0 radical (unpaired) electrons. The smallest absolute Gasteiger partial charge is 0.410 e. The molecule has 2 aliphatic rings. The van der Waals surface area contributed by atoms with E-state index < -0.39 is 0 Å². The van der Waals surface area contributed by atoms with Crippen molar-refractivity contribution in [2.45, 2.75) is 38.7 Å². The Morgan fingerprint density at radius 2 is 1.76 bits per heavy atom. The summed E-state index contributed by atoms with van der Waals surface area (Å²) in [6.45, 7) is 1.92. The summed E-state index contributed by atoms with van der Waals surface area (Å²) < 4.78 is 5.45. The highest BCUT2D eigenvalue weighted by Crippen LogP contribution is 2.26. The number of piperidine rings is 2. The molecule has 0 bridgehead atoms. The summed E-state index contributed by atoms with van der Waals surface area (Å²) in [4.78, 5) is 43.0. The average molecular weight is 450 g/mol. The van der Waals surface area contributed by atoms with Crippen molar-refractivity contribution in [1.29, 1.82) is 0 Å². The third-order valence-corrected chi connectivity index (χ3v) is 6.44. The Morgan fingerprint density at radius 3 is 2.48 bits per heavy atom. The van der Waals surface area contributed by atoms with Gasteiger partial charge in [-0.1, -0.05) is 30.3 Å². The fourth-order valence-electron chi connectivity index (χ4n) is 4.49. The van der Waals surface area contributed by atoms with Crippen LogP contribution in [0.1, 0.15) is 37.7 Å². The first kappa shape index (κ1) is 22.8. The van der Waals surface area contributed by atoms with Gasteiger partial charge in [-0.3, -0.25) is 9.59 Å². The van der Waals surface area contributed by atoms with Crippen LogP contribution in [0.2, 0.25) is 0 Å². The van der Waals surface area contributed by atoms with Gasteiger partial charge in [0.1, 0.15) is 6.61 Å². The lowest BCUT2D eigenvalue weighted by atomic mass is 9.96. The van der Waals surface area contributed by atoms with Gasteiger partial charge in [-0.25, -0.2) is 4.79 Å². The van der Waals surface area contributed by atoms with Crippen molar-refractivity contribution in [2.75, 3.05) is 36.5 Å². The average Bonchev–Trinajstić information content (AvgIpc) is 2.87. The lowest BCUT2D eigenvalue weighted by Crippen LogP contribution is -2.46. The van der Waals surface area contributed by atoms with Gasteiger partial charge in [0.05, 0.1) is 5.92 Å². The summed E-state index contributed by atoms with van der Waals surface area (Å²) in [5, 5.41) is 0. The van der Waals surface area contributed by atoms with Gasteiger partial charge in [0.15, 0.2) is 0 Å². The number of anilines is 2. The van der Waals surface area contributed by atoms with Crippen molar-refractivity contribution in [3.63, 3.8) is 0 Å². The molecule has 174 valence electrons. The topological polar surface area (TPSA) is 70.2 Å². The van der Waals surface area contributed by atoms with Crippen molar-refractivity contribution in [3.8, 4) is 0 Å². The van der Waals surface area contributed by atoms with Crippen LogP contribution in [0.4, 0.5) is 16.2 Å². The van der Waals surface area contributed by atoms with Crippen LogP contribution in [0.15, 0.2) is 54.6 Å². The molecule has 0 saturated carbocycles. The second-order valence-corrected chi connectivity index (χ2v) is 8.74. The van der Waals surface area contributed by atoms with Gasteiger partial charge in [0.25, 0.3) is 0 Å². The van der Waals surface area contributed by atoms with Gasteiger partial charge in [-0.15, -0.1) is 0 Å². The van der Waals surface area contributed by atoms with E-state index in [0.29, 0.717) is 19.5 Å². The number of nitrogens with zero attached hydrogens (tertiary/aromatic N) is 3. The number of rotatable bonds is 5. The third-order valence-electron chi connectivity index (χ3n) is 6.44. The van der Waals surface area contributed by atoms with Crippen molar-refractivity contribution < 1.29 is 19.1 Å². The molecular weight excluding hydrogens is 418 g/mol. The standard InChI is InChI=1S/C26H31N3O4/c1-27(22-12-14-23(15-13-22)29-17-6-5-11-24(29)30)25(31)21-10-7-16-28(18-21)26(32)33-19-20-8-3-2-4-9-20/h2-4,8-9,12-15,21H,5-7,10-11,16-19H2,1H3/t21-/m1/s1. The first-order chi connectivity index (χ1) is 16.0. The summed E-state index contributed by atoms with van der Waals surface area (Å²) in [7, 11) is 1.76. The van der Waals surface area contributed by atoms with E-state index in [9.17, 15) is 14.4 Å². The zero-order chi connectivity index (χ0) is 23.2. The number of carbonyl (C=O) groups is 3. The Kier molecular flexibility index (Phi) is 7.27. The molecule has 2 saturated heterocycles. The maximum Gasteiger partial charge on any atom is 0.410 e. The summed E-state index contributed by atoms with van der Waals surface area (Å²) in [5.41, 5.74) is 2.58. The Balaban J connectivity index is 1.34. The highest BCUT2D eigenvalue weighted by molar-refractivity contribution is 5.96. The largest absolute Gasteiger partial charge is 0.445 e. The highest BCUT2D eigenvalue weighted by Gasteiger charge is 2.31. The molecule has 0 aromatic heterocycles. The van der Waals surface area contributed by atoms with Crippen molar-refractivity contribution in [1.82, 2.24) is 4.90 Å². The van der Waals surface area contributed by atoms with E-state index >= 15 is 0 Å². The van der Waals surface area contributed by atoms with Crippen LogP contribution in [0, 0.1) is 5.92 Å². The van der Waals surface area contributed by atoms with E-state index in [0.717, 1.165) is 49.2 Å². The molecule has 0 aliphatic carbocycles. The Labute approximate surface area is 194 Å². The van der Waals surface area contributed by atoms with E-state index in [2.05, 4.69) is 0 Å². The molecule has 4 rings (SSSR count). The molecule has 0 spiro atoms. The molecule has 2 aliphatic heterocycles. The zero-order valence-electron chi connectivity index (χ0n) is 19.1. The quantitative estimate of drug-likeness (QED) is 0.686. The lowest BCUT2D eigenvalue weighted by molar-refractivity contribution is -0.123. The van der Waals surface area contributed by atoms with Crippen molar-refractivity contribution in [3.05, 3.63) is 60.2 Å². The third kappa shape index (κ3) is 5.53. The van der Waals surface area contributed by atoms with Crippen LogP contribution in [0.25, 0.3) is 0 Å². The van der Waals surface area contributed by atoms with Crippen LogP contribution in [0.3, 0.4) is 0 Å². The first-order valence-electron chi connectivity index (χ1n) is 11.7. The molecule has 33 heavy (non-hydrogen) atoms. The second-order valence-electron chi connectivity index (χ2n) is 8.74. The minimum absolute atomic E-state index is 0.0163. The molecule has 7 nitrogen and oxygen atoms in total. The number of hydrogen-bond acceptors (Lipinski definition) is 4. The molecule has 7 heteroatoms. The monoisotopic (exact) mass is 449 g/mol. The van der Waals surface area contributed by atoms with E-state index in [4.69, 9.17) is 4.74 Å². The van der Waals surface area contributed by atoms with Crippen molar-refractivity contribution in [2.24, 2.45) is 5.92 Å². The predicted octanol–water partition coefficient (Wildman–Crippen LogP) is 4.22. The van der Waals surface area contributed by atoms with E-state index in [1.165, 1.54) is 0 Å². The Bertz CT molecular complexity index is 977. The van der Waals surface area contributed by atoms with Crippen LogP contribution in [0.5, 0.6) is 0 Å². The number of ether oxygens (including phenoxy) is 1. The van der Waals surface area contributed by atoms with Crippen molar-refractivity contribution >= 4 is 29.3 Å². The van der Waals surface area contributed by atoms with Gasteiger partial charge < -0.3 is 19.4 Å². The van der Waals surface area contributed by atoms with Gasteiger partial charge in [-0.2, -0.15) is 0 Å². The number of carbonyl (C=O) groups excluding carboxylic acids is 3. The number of benzene rings is 2. The maximum absolute atomic E-state index is 13.2. The first-order valence-corrected chi connectivity index (χ1v) is 11.7. The summed E-state index contributed by atoms with van der Waals surface area (Å²) in [6, 6.07) is 17.1. The Morgan fingerprint density at radius 1 is 1.00 bits per heavy atom. The van der Waals surface area contributed by atoms with Gasteiger partial charge in [0.2, 0.25) is 11.8 Å². The molecule has 3 amide bonds. The second kappa shape index (κ2) is 10.5. The maximum atomic E-state index is 13.2.